The third kappa shape index (κ3) is 6.58. The quantitative estimate of drug-likeness (QED) is 0.859. The highest BCUT2D eigenvalue weighted by Gasteiger charge is 2.27. The summed E-state index contributed by atoms with van der Waals surface area (Å²) in [6, 6.07) is 2.18. The molecule has 0 aromatic carbocycles. The second-order valence-electron chi connectivity index (χ2n) is 3.90. The van der Waals surface area contributed by atoms with E-state index >= 15 is 0 Å². The Labute approximate surface area is 103 Å². The fraction of sp³-hybridized carbons (Fsp3) is 0.700. The van der Waals surface area contributed by atoms with E-state index in [0.29, 0.717) is 12.6 Å². The monoisotopic (exact) mass is 267 g/mol. The zero-order valence-corrected chi connectivity index (χ0v) is 10.6. The molecule has 0 saturated heterocycles. The summed E-state index contributed by atoms with van der Waals surface area (Å²) < 4.78 is 37.2. The number of hydrogen-bond donors (Lipinski definition) is 1. The smallest absolute Gasteiger partial charge is 0.309 e. The number of nitrogens with zero attached hydrogens (tertiary/aromatic N) is 2. The summed E-state index contributed by atoms with van der Waals surface area (Å²) in [6.45, 7) is 4.96. The van der Waals surface area contributed by atoms with Crippen molar-refractivity contribution in [2.45, 2.75) is 38.5 Å². The normalized spacial score (nSPS) is 12.4. The maximum absolute atomic E-state index is 11.9. The number of thioether (sulfide) groups is 1. The highest BCUT2D eigenvalue weighted by Crippen LogP contribution is 2.29. The fourth-order valence-electron chi connectivity index (χ4n) is 1.19. The number of rotatable bonds is 6. The molecule has 0 unspecified atom stereocenters. The number of hydrogen-bond acceptors (Lipinski definition) is 3. The maximum atomic E-state index is 11.9. The van der Waals surface area contributed by atoms with Gasteiger partial charge in [0.05, 0.1) is 12.2 Å². The summed E-state index contributed by atoms with van der Waals surface area (Å²) in [5.41, 5.74) is -3.31. The van der Waals surface area contributed by atoms with Crippen LogP contribution in [0.5, 0.6) is 0 Å². The SMILES string of the molecule is CC(C)NCc1ccn(CCSC(F)(F)F)n1. The molecule has 0 bridgehead atoms. The van der Waals surface area contributed by atoms with Crippen molar-refractivity contribution in [1.29, 1.82) is 0 Å². The Hall–Kier alpha value is -0.690. The van der Waals surface area contributed by atoms with Crippen LogP contribution < -0.4 is 5.32 Å². The van der Waals surface area contributed by atoms with Crippen molar-refractivity contribution in [2.75, 3.05) is 5.75 Å². The predicted molar refractivity (Wildman–Crippen MR) is 62.7 cm³/mol. The van der Waals surface area contributed by atoms with Crippen molar-refractivity contribution >= 4 is 11.8 Å². The summed E-state index contributed by atoms with van der Waals surface area (Å²) in [7, 11) is 0. The lowest BCUT2D eigenvalue weighted by molar-refractivity contribution is -0.0328. The first-order valence-corrected chi connectivity index (χ1v) is 6.32. The number of nitrogens with one attached hydrogen (secondary N) is 1. The van der Waals surface area contributed by atoms with Gasteiger partial charge in [0.1, 0.15) is 0 Å². The van der Waals surface area contributed by atoms with Crippen LogP contribution in [0, 0.1) is 0 Å². The molecule has 0 aliphatic carbocycles. The van der Waals surface area contributed by atoms with Crippen LogP contribution in [0.4, 0.5) is 13.2 Å². The van der Waals surface area contributed by atoms with Gasteiger partial charge in [0, 0.05) is 24.5 Å². The lowest BCUT2D eigenvalue weighted by Gasteiger charge is -2.06. The van der Waals surface area contributed by atoms with Crippen LogP contribution in [0.3, 0.4) is 0 Å². The van der Waals surface area contributed by atoms with Gasteiger partial charge in [-0.2, -0.15) is 18.3 Å². The molecule has 0 aliphatic rings. The van der Waals surface area contributed by atoms with Crippen LogP contribution in [-0.2, 0) is 13.1 Å². The predicted octanol–water partition coefficient (Wildman–Crippen LogP) is 2.63. The summed E-state index contributed by atoms with van der Waals surface area (Å²) in [5.74, 6) is -0.0117. The van der Waals surface area contributed by atoms with Gasteiger partial charge in [0.2, 0.25) is 0 Å². The molecule has 0 saturated carbocycles. The molecule has 1 N–H and O–H groups in total. The minimum Gasteiger partial charge on any atom is -0.309 e. The van der Waals surface area contributed by atoms with Crippen LogP contribution in [0.2, 0.25) is 0 Å². The van der Waals surface area contributed by atoms with Gasteiger partial charge in [-0.15, -0.1) is 0 Å². The molecule has 7 heteroatoms. The average molecular weight is 267 g/mol. The summed E-state index contributed by atoms with van der Waals surface area (Å²) >= 11 is -0.0205. The van der Waals surface area contributed by atoms with Gasteiger partial charge in [-0.1, -0.05) is 13.8 Å². The molecule has 98 valence electrons. The molecule has 3 nitrogen and oxygen atoms in total. The van der Waals surface area contributed by atoms with Crippen molar-refractivity contribution in [3.05, 3.63) is 18.0 Å². The second-order valence-corrected chi connectivity index (χ2v) is 5.06. The van der Waals surface area contributed by atoms with Crippen LogP contribution in [-0.4, -0.2) is 27.1 Å². The first-order valence-electron chi connectivity index (χ1n) is 5.33. The molecule has 0 spiro atoms. The topological polar surface area (TPSA) is 29.9 Å². The van der Waals surface area contributed by atoms with E-state index in [2.05, 4.69) is 10.4 Å². The number of aromatic nitrogens is 2. The largest absolute Gasteiger partial charge is 0.441 e. The molecule has 1 aromatic heterocycles. The van der Waals surface area contributed by atoms with E-state index in [1.54, 1.807) is 6.20 Å². The van der Waals surface area contributed by atoms with Gasteiger partial charge in [-0.05, 0) is 17.8 Å². The number of aryl methyl sites for hydroxylation is 1. The third-order valence-electron chi connectivity index (χ3n) is 1.97. The van der Waals surface area contributed by atoms with Crippen LogP contribution in [0.1, 0.15) is 19.5 Å². The summed E-state index contributed by atoms with van der Waals surface area (Å²) in [5, 5.41) is 7.37. The Kier molecular flexibility index (Phi) is 5.32. The first-order chi connectivity index (χ1) is 7.87. The van der Waals surface area contributed by atoms with Crippen molar-refractivity contribution in [3.8, 4) is 0 Å². The van der Waals surface area contributed by atoms with E-state index in [4.69, 9.17) is 0 Å². The number of halogens is 3. The Morgan fingerprint density at radius 2 is 2.18 bits per heavy atom. The highest BCUT2D eigenvalue weighted by molar-refractivity contribution is 8.00. The van der Waals surface area contributed by atoms with Gasteiger partial charge in [0.15, 0.2) is 0 Å². The molecular weight excluding hydrogens is 251 g/mol. The third-order valence-corrected chi connectivity index (χ3v) is 2.69. The van der Waals surface area contributed by atoms with Crippen molar-refractivity contribution < 1.29 is 13.2 Å². The molecule has 1 rings (SSSR count). The molecule has 1 heterocycles. The summed E-state index contributed by atoms with van der Waals surface area (Å²) in [4.78, 5) is 0. The van der Waals surface area contributed by atoms with Gasteiger partial charge < -0.3 is 5.32 Å². The van der Waals surface area contributed by atoms with Crippen molar-refractivity contribution in [2.24, 2.45) is 0 Å². The lowest BCUT2D eigenvalue weighted by atomic mass is 10.3. The first kappa shape index (κ1) is 14.4. The number of alkyl halides is 3. The van der Waals surface area contributed by atoms with Crippen LogP contribution in [0.25, 0.3) is 0 Å². The molecule has 0 aliphatic heterocycles. The molecule has 17 heavy (non-hydrogen) atoms. The lowest BCUT2D eigenvalue weighted by Crippen LogP contribution is -2.22. The van der Waals surface area contributed by atoms with E-state index in [1.807, 2.05) is 19.9 Å². The molecular formula is C10H16F3N3S. The molecule has 0 radical (unpaired) electrons. The maximum Gasteiger partial charge on any atom is 0.441 e. The van der Waals surface area contributed by atoms with Crippen LogP contribution in [0.15, 0.2) is 12.3 Å². The minimum atomic E-state index is -4.16. The minimum absolute atomic E-state index is 0.0117. The Morgan fingerprint density at radius 1 is 1.47 bits per heavy atom. The van der Waals surface area contributed by atoms with E-state index in [-0.39, 0.29) is 24.1 Å². The van der Waals surface area contributed by atoms with Gasteiger partial charge in [-0.3, -0.25) is 4.68 Å². The zero-order valence-electron chi connectivity index (χ0n) is 9.79. The average Bonchev–Trinajstić information content (AvgIpc) is 2.61. The fourth-order valence-corrected chi connectivity index (χ4v) is 1.70. The standard InChI is InChI=1S/C10H16F3N3S/c1-8(2)14-7-9-3-4-16(15-9)5-6-17-10(11,12)13/h3-4,8,14H,5-7H2,1-2H3. The molecule has 0 amide bonds. The molecule has 0 atom stereocenters. The van der Waals surface area contributed by atoms with Gasteiger partial charge >= 0.3 is 5.51 Å². The Morgan fingerprint density at radius 3 is 2.76 bits per heavy atom. The van der Waals surface area contributed by atoms with Crippen molar-refractivity contribution in [1.82, 2.24) is 15.1 Å². The van der Waals surface area contributed by atoms with Crippen molar-refractivity contribution in [3.63, 3.8) is 0 Å². The van der Waals surface area contributed by atoms with E-state index < -0.39 is 5.51 Å². The van der Waals surface area contributed by atoms with Crippen LogP contribution >= 0.6 is 11.8 Å². The highest BCUT2D eigenvalue weighted by atomic mass is 32.2. The molecule has 0 fully saturated rings. The van der Waals surface area contributed by atoms with E-state index in [1.165, 1.54) is 4.68 Å². The summed E-state index contributed by atoms with van der Waals surface area (Å²) in [6.07, 6.45) is 1.70. The second kappa shape index (κ2) is 6.30. The Balaban J connectivity index is 2.31. The van der Waals surface area contributed by atoms with E-state index in [0.717, 1.165) is 5.69 Å². The van der Waals surface area contributed by atoms with Gasteiger partial charge in [-0.25, -0.2) is 0 Å². The zero-order chi connectivity index (χ0) is 12.9. The van der Waals surface area contributed by atoms with Gasteiger partial charge in [0.25, 0.3) is 0 Å². The molecule has 1 aromatic rings. The van der Waals surface area contributed by atoms with E-state index in [9.17, 15) is 13.2 Å². The Bertz CT molecular complexity index is 336.